The van der Waals surface area contributed by atoms with Gasteiger partial charge in [0.25, 0.3) is 0 Å². The highest BCUT2D eigenvalue weighted by Gasteiger charge is 2.22. The van der Waals surface area contributed by atoms with Gasteiger partial charge in [-0.2, -0.15) is 0 Å². The Hall–Kier alpha value is -7.47. The van der Waals surface area contributed by atoms with E-state index in [1.54, 1.807) is 0 Å². The molecule has 9 aromatic carbocycles. The van der Waals surface area contributed by atoms with Crippen molar-refractivity contribution in [2.75, 3.05) is 9.80 Å². The van der Waals surface area contributed by atoms with Gasteiger partial charge in [0.05, 0.1) is 11.4 Å². The minimum absolute atomic E-state index is 0.616. The summed E-state index contributed by atoms with van der Waals surface area (Å²) >= 11 is 1.85. The quantitative estimate of drug-likeness (QED) is 0.154. The fourth-order valence-electron chi connectivity index (χ4n) is 8.22. The maximum absolute atomic E-state index is 6.13. The summed E-state index contributed by atoms with van der Waals surface area (Å²) in [6, 6.07) is 75.2. The molecule has 4 nitrogen and oxygen atoms in total. The van der Waals surface area contributed by atoms with Gasteiger partial charge in [0.1, 0.15) is 5.52 Å². The van der Waals surface area contributed by atoms with Gasteiger partial charge in [0.15, 0.2) is 5.58 Å². The van der Waals surface area contributed by atoms with Gasteiger partial charge in [0.2, 0.25) is 5.89 Å². The number of benzene rings is 9. The van der Waals surface area contributed by atoms with Crippen LogP contribution < -0.4 is 9.80 Å². The molecule has 0 saturated carbocycles. The number of para-hydroxylation sites is 5. The summed E-state index contributed by atoms with van der Waals surface area (Å²) in [4.78, 5) is 9.51. The zero-order valence-corrected chi connectivity index (χ0v) is 32.2. The summed E-state index contributed by atoms with van der Waals surface area (Å²) in [6.45, 7) is 0. The molecule has 0 radical (unpaired) electrons. The SMILES string of the molecule is c1ccc(-c2ccccc2N(c2ccccc2)c2ccc3c(c2)sc2cc(N(c4ccccc4)c4ccc(-c5nc6ccccc6o5)cc4)c4ccccc4c23)cc1. The Morgan fingerprint density at radius 1 is 0.397 bits per heavy atom. The van der Waals surface area contributed by atoms with E-state index < -0.39 is 0 Å². The first kappa shape index (κ1) is 33.8. The Labute approximate surface area is 340 Å². The second-order valence-corrected chi connectivity index (χ2v) is 15.4. The van der Waals surface area contributed by atoms with Gasteiger partial charge in [-0.1, -0.05) is 127 Å². The van der Waals surface area contributed by atoms with Gasteiger partial charge in [-0.25, -0.2) is 4.98 Å². The third-order valence-electron chi connectivity index (χ3n) is 10.9. The van der Waals surface area contributed by atoms with Crippen LogP contribution in [0.4, 0.5) is 34.1 Å². The van der Waals surface area contributed by atoms with Crippen molar-refractivity contribution in [3.8, 4) is 22.6 Å². The second kappa shape index (κ2) is 14.2. The Morgan fingerprint density at radius 2 is 0.983 bits per heavy atom. The average molecular weight is 762 g/mol. The minimum Gasteiger partial charge on any atom is -0.436 e. The van der Waals surface area contributed by atoms with Crippen LogP contribution in [0, 0.1) is 0 Å². The summed E-state index contributed by atoms with van der Waals surface area (Å²) in [5.41, 5.74) is 11.6. The maximum atomic E-state index is 6.13. The van der Waals surface area contributed by atoms with Crippen LogP contribution in [-0.4, -0.2) is 4.98 Å². The normalized spacial score (nSPS) is 11.4. The molecule has 274 valence electrons. The van der Waals surface area contributed by atoms with Crippen molar-refractivity contribution >= 4 is 87.5 Å². The molecule has 0 bridgehead atoms. The summed E-state index contributed by atoms with van der Waals surface area (Å²) in [6.07, 6.45) is 0. The molecule has 11 rings (SSSR count). The molecule has 2 aromatic heterocycles. The lowest BCUT2D eigenvalue weighted by Gasteiger charge is -2.28. The lowest BCUT2D eigenvalue weighted by atomic mass is 10.00. The van der Waals surface area contributed by atoms with E-state index in [0.717, 1.165) is 50.8 Å². The highest BCUT2D eigenvalue weighted by molar-refractivity contribution is 7.26. The first-order valence-electron chi connectivity index (χ1n) is 19.5. The molecule has 2 heterocycles. The molecule has 0 atom stereocenters. The van der Waals surface area contributed by atoms with Crippen LogP contribution in [0.3, 0.4) is 0 Å². The molecule has 11 aromatic rings. The zero-order chi connectivity index (χ0) is 38.4. The van der Waals surface area contributed by atoms with E-state index in [9.17, 15) is 0 Å². The highest BCUT2D eigenvalue weighted by atomic mass is 32.1. The first-order valence-corrected chi connectivity index (χ1v) is 20.3. The first-order chi connectivity index (χ1) is 28.8. The summed E-state index contributed by atoms with van der Waals surface area (Å²) in [5, 5.41) is 4.95. The minimum atomic E-state index is 0.616. The Bertz CT molecular complexity index is 3200. The number of rotatable bonds is 8. The lowest BCUT2D eigenvalue weighted by molar-refractivity contribution is 0.620. The van der Waals surface area contributed by atoms with Gasteiger partial charge in [-0.05, 0) is 95.9 Å². The summed E-state index contributed by atoms with van der Waals surface area (Å²) < 4.78 is 8.61. The molecule has 0 spiro atoms. The van der Waals surface area contributed by atoms with E-state index in [1.165, 1.54) is 42.1 Å². The van der Waals surface area contributed by atoms with E-state index in [0.29, 0.717) is 5.89 Å². The van der Waals surface area contributed by atoms with Crippen LogP contribution in [0.15, 0.2) is 217 Å². The topological polar surface area (TPSA) is 32.5 Å². The van der Waals surface area contributed by atoms with Crippen molar-refractivity contribution in [3.05, 3.63) is 212 Å². The van der Waals surface area contributed by atoms with Crippen LogP contribution in [0.1, 0.15) is 0 Å². The summed E-state index contributed by atoms with van der Waals surface area (Å²) in [5.74, 6) is 0.616. The molecule has 58 heavy (non-hydrogen) atoms. The number of nitrogens with zero attached hydrogens (tertiary/aromatic N) is 3. The number of hydrogen-bond donors (Lipinski definition) is 0. The van der Waals surface area contributed by atoms with Crippen molar-refractivity contribution in [1.82, 2.24) is 4.98 Å². The van der Waals surface area contributed by atoms with Gasteiger partial charge in [-0.15, -0.1) is 11.3 Å². The van der Waals surface area contributed by atoms with E-state index in [4.69, 9.17) is 9.40 Å². The number of anilines is 6. The molecule has 0 aliphatic heterocycles. The molecule has 0 fully saturated rings. The molecule has 0 amide bonds. The van der Waals surface area contributed by atoms with Crippen LogP contribution in [0.5, 0.6) is 0 Å². The Kier molecular flexibility index (Phi) is 8.30. The second-order valence-electron chi connectivity index (χ2n) is 14.4. The van der Waals surface area contributed by atoms with Gasteiger partial charge in [-0.3, -0.25) is 0 Å². The van der Waals surface area contributed by atoms with Crippen molar-refractivity contribution in [2.24, 2.45) is 0 Å². The van der Waals surface area contributed by atoms with Crippen molar-refractivity contribution < 1.29 is 4.42 Å². The number of hydrogen-bond acceptors (Lipinski definition) is 5. The molecule has 0 N–H and O–H groups in total. The highest BCUT2D eigenvalue weighted by Crippen LogP contribution is 2.48. The van der Waals surface area contributed by atoms with Crippen molar-refractivity contribution in [2.45, 2.75) is 0 Å². The van der Waals surface area contributed by atoms with Crippen molar-refractivity contribution in [1.29, 1.82) is 0 Å². The molecule has 5 heteroatoms. The largest absolute Gasteiger partial charge is 0.436 e. The molecule has 0 unspecified atom stereocenters. The number of fused-ring (bicyclic) bond motifs is 6. The monoisotopic (exact) mass is 761 g/mol. The third-order valence-corrected chi connectivity index (χ3v) is 12.0. The van der Waals surface area contributed by atoms with Crippen molar-refractivity contribution in [3.63, 3.8) is 0 Å². The van der Waals surface area contributed by atoms with E-state index in [-0.39, 0.29) is 0 Å². The molecular weight excluding hydrogens is 727 g/mol. The van der Waals surface area contributed by atoms with Crippen LogP contribution >= 0.6 is 11.3 Å². The molecule has 0 aliphatic rings. The van der Waals surface area contributed by atoms with E-state index in [2.05, 4.69) is 198 Å². The Morgan fingerprint density at radius 3 is 1.72 bits per heavy atom. The fraction of sp³-hybridized carbons (Fsp3) is 0. The molecular formula is C53H35N3OS. The van der Waals surface area contributed by atoms with Crippen LogP contribution in [0.25, 0.3) is 64.6 Å². The smallest absolute Gasteiger partial charge is 0.227 e. The number of oxazole rings is 1. The molecule has 0 saturated heterocycles. The van der Waals surface area contributed by atoms with E-state index in [1.807, 2.05) is 35.6 Å². The predicted molar refractivity (Wildman–Crippen MR) is 245 cm³/mol. The Balaban J connectivity index is 1.07. The predicted octanol–water partition coefficient (Wildman–Crippen LogP) is 15.6. The van der Waals surface area contributed by atoms with Crippen LogP contribution in [-0.2, 0) is 0 Å². The zero-order valence-electron chi connectivity index (χ0n) is 31.4. The standard InChI is InChI=1S/C53H35N3OS/c1-4-16-36(17-5-1)42-22-12-14-26-47(42)56(39-20-8-3-9-21-39)41-32-33-45-50(34-41)58-51-35-48(43-23-10-11-24-44(43)52(45)51)55(38-18-6-2-7-19-38)40-30-28-37(29-31-40)53-54-46-25-13-15-27-49(46)57-53/h1-35H. The average Bonchev–Trinajstić information content (AvgIpc) is 3.90. The van der Waals surface area contributed by atoms with E-state index >= 15 is 0 Å². The maximum Gasteiger partial charge on any atom is 0.227 e. The third kappa shape index (κ3) is 5.88. The number of thiophene rings is 1. The van der Waals surface area contributed by atoms with Gasteiger partial charge < -0.3 is 14.2 Å². The fourth-order valence-corrected chi connectivity index (χ4v) is 9.41. The van der Waals surface area contributed by atoms with Crippen LogP contribution in [0.2, 0.25) is 0 Å². The van der Waals surface area contributed by atoms with Gasteiger partial charge in [0, 0.05) is 59.4 Å². The van der Waals surface area contributed by atoms with Gasteiger partial charge >= 0.3 is 0 Å². The summed E-state index contributed by atoms with van der Waals surface area (Å²) in [7, 11) is 0. The molecule has 0 aliphatic carbocycles. The number of aromatic nitrogens is 1. The lowest BCUT2D eigenvalue weighted by Crippen LogP contribution is -2.11.